The number of benzene rings is 1. The number of aromatic amines is 1. The Kier molecular flexibility index (Phi) is 2.40. The number of nitrogen functional groups attached to an aromatic ring is 1. The van der Waals surface area contributed by atoms with Gasteiger partial charge in [0.25, 0.3) is 0 Å². The summed E-state index contributed by atoms with van der Waals surface area (Å²) in [4.78, 5) is 0. The van der Waals surface area contributed by atoms with Crippen LogP contribution in [-0.4, -0.2) is 20.6 Å². The number of rotatable bonds is 3. The molecule has 2 rings (SSSR count). The van der Waals surface area contributed by atoms with Crippen molar-refractivity contribution in [2.75, 3.05) is 5.73 Å². The molecule has 0 aliphatic carbocycles. The lowest BCUT2D eigenvalue weighted by Gasteiger charge is -1.99. The van der Waals surface area contributed by atoms with Crippen LogP contribution in [0.1, 0.15) is 11.4 Å². The van der Waals surface area contributed by atoms with Crippen molar-refractivity contribution in [1.82, 2.24) is 20.6 Å². The summed E-state index contributed by atoms with van der Waals surface area (Å²) in [6.45, 7) is 0. The van der Waals surface area contributed by atoms with Crippen molar-refractivity contribution in [2.24, 2.45) is 0 Å². The zero-order valence-corrected chi connectivity index (χ0v) is 7.64. The Hall–Kier alpha value is -1.91. The minimum Gasteiger partial charge on any atom is -0.399 e. The van der Waals surface area contributed by atoms with E-state index in [0.29, 0.717) is 0 Å². The smallest absolute Gasteiger partial charge is 0.174 e. The molecule has 0 spiro atoms. The quantitative estimate of drug-likeness (QED) is 0.691. The van der Waals surface area contributed by atoms with E-state index >= 15 is 0 Å². The Balaban J connectivity index is 1.98. The van der Waals surface area contributed by atoms with Gasteiger partial charge in [-0.1, -0.05) is 17.3 Å². The van der Waals surface area contributed by atoms with Crippen molar-refractivity contribution in [1.29, 1.82) is 0 Å². The zero-order valence-electron chi connectivity index (χ0n) is 7.64. The highest BCUT2D eigenvalue weighted by atomic mass is 15.5. The third-order valence-electron chi connectivity index (χ3n) is 1.98. The Morgan fingerprint density at radius 2 is 2.21 bits per heavy atom. The van der Waals surface area contributed by atoms with Crippen molar-refractivity contribution >= 4 is 5.69 Å². The van der Waals surface area contributed by atoms with Crippen molar-refractivity contribution in [3.05, 3.63) is 35.7 Å². The van der Waals surface area contributed by atoms with Gasteiger partial charge in [-0.3, -0.25) is 0 Å². The number of H-pyrrole nitrogens is 1. The van der Waals surface area contributed by atoms with Gasteiger partial charge in [0.05, 0.1) is 0 Å². The summed E-state index contributed by atoms with van der Waals surface area (Å²) in [5, 5.41) is 13.7. The van der Waals surface area contributed by atoms with E-state index in [-0.39, 0.29) is 0 Å². The summed E-state index contributed by atoms with van der Waals surface area (Å²) in [5.41, 5.74) is 7.64. The van der Waals surface area contributed by atoms with Gasteiger partial charge in [0, 0.05) is 12.1 Å². The molecule has 3 N–H and O–H groups in total. The molecule has 0 saturated heterocycles. The Morgan fingerprint density at radius 1 is 1.29 bits per heavy atom. The number of aryl methyl sites for hydroxylation is 2. The SMILES string of the molecule is Nc1cccc(CCc2nn[nH]n2)c1. The average molecular weight is 189 g/mol. The van der Waals surface area contributed by atoms with Crippen LogP contribution in [0.2, 0.25) is 0 Å². The number of hydrogen-bond acceptors (Lipinski definition) is 4. The van der Waals surface area contributed by atoms with E-state index in [1.165, 1.54) is 5.56 Å². The fraction of sp³-hybridized carbons (Fsp3) is 0.222. The lowest BCUT2D eigenvalue weighted by atomic mass is 10.1. The number of aromatic nitrogens is 4. The third kappa shape index (κ3) is 2.07. The van der Waals surface area contributed by atoms with Gasteiger partial charge in [-0.15, -0.1) is 10.2 Å². The number of nitrogens with two attached hydrogens (primary N) is 1. The third-order valence-corrected chi connectivity index (χ3v) is 1.98. The molecule has 1 aromatic carbocycles. The largest absolute Gasteiger partial charge is 0.399 e. The first-order valence-corrected chi connectivity index (χ1v) is 4.41. The maximum atomic E-state index is 5.66. The lowest BCUT2D eigenvalue weighted by molar-refractivity contribution is 0.864. The monoisotopic (exact) mass is 189 g/mol. The van der Waals surface area contributed by atoms with E-state index in [1.54, 1.807) is 0 Å². The van der Waals surface area contributed by atoms with Crippen LogP contribution < -0.4 is 5.73 Å². The van der Waals surface area contributed by atoms with Gasteiger partial charge in [0.1, 0.15) is 0 Å². The Labute approximate surface area is 81.3 Å². The van der Waals surface area contributed by atoms with E-state index < -0.39 is 0 Å². The molecule has 72 valence electrons. The Bertz CT molecular complexity index is 395. The fourth-order valence-electron chi connectivity index (χ4n) is 1.29. The molecule has 5 heteroatoms. The molecule has 0 amide bonds. The van der Waals surface area contributed by atoms with Gasteiger partial charge in [0.15, 0.2) is 5.82 Å². The summed E-state index contributed by atoms with van der Waals surface area (Å²) in [7, 11) is 0. The van der Waals surface area contributed by atoms with Crippen LogP contribution in [0.15, 0.2) is 24.3 Å². The summed E-state index contributed by atoms with van der Waals surface area (Å²) in [6, 6.07) is 7.81. The number of nitrogens with one attached hydrogen (secondary N) is 1. The zero-order chi connectivity index (χ0) is 9.80. The predicted octanol–water partition coefficient (Wildman–Crippen LogP) is 0.567. The maximum Gasteiger partial charge on any atom is 0.174 e. The van der Waals surface area contributed by atoms with Crippen molar-refractivity contribution in [2.45, 2.75) is 12.8 Å². The number of hydrogen-bond donors (Lipinski definition) is 2. The predicted molar refractivity (Wildman–Crippen MR) is 52.4 cm³/mol. The molecule has 0 fully saturated rings. The topological polar surface area (TPSA) is 80.5 Å². The second-order valence-corrected chi connectivity index (χ2v) is 3.07. The summed E-state index contributed by atoms with van der Waals surface area (Å²) in [5.74, 6) is 0.729. The fourth-order valence-corrected chi connectivity index (χ4v) is 1.29. The molecule has 0 bridgehead atoms. The standard InChI is InChI=1S/C9H11N5/c10-8-3-1-2-7(6-8)4-5-9-11-13-14-12-9/h1-3,6H,4-5,10H2,(H,11,12,13,14). The first-order valence-electron chi connectivity index (χ1n) is 4.41. The normalized spacial score (nSPS) is 10.3. The second-order valence-electron chi connectivity index (χ2n) is 3.07. The summed E-state index contributed by atoms with van der Waals surface area (Å²) >= 11 is 0. The molecule has 0 aliphatic heterocycles. The molecule has 0 atom stereocenters. The number of tetrazole rings is 1. The van der Waals surface area contributed by atoms with Gasteiger partial charge in [-0.25, -0.2) is 0 Å². The Morgan fingerprint density at radius 3 is 2.93 bits per heavy atom. The molecule has 5 nitrogen and oxygen atoms in total. The van der Waals surface area contributed by atoms with Crippen molar-refractivity contribution < 1.29 is 0 Å². The summed E-state index contributed by atoms with van der Waals surface area (Å²) in [6.07, 6.45) is 1.66. The number of anilines is 1. The van der Waals surface area contributed by atoms with Gasteiger partial charge in [0.2, 0.25) is 0 Å². The minimum atomic E-state index is 0.729. The highest BCUT2D eigenvalue weighted by Gasteiger charge is 1.99. The number of nitrogens with zero attached hydrogens (tertiary/aromatic N) is 3. The minimum absolute atomic E-state index is 0.729. The second kappa shape index (κ2) is 3.87. The molecule has 1 aromatic heterocycles. The average Bonchev–Trinajstić information content (AvgIpc) is 2.67. The van der Waals surface area contributed by atoms with E-state index in [2.05, 4.69) is 20.6 Å². The highest BCUT2D eigenvalue weighted by molar-refractivity contribution is 5.40. The summed E-state index contributed by atoms with van der Waals surface area (Å²) < 4.78 is 0. The van der Waals surface area contributed by atoms with Crippen LogP contribution >= 0.6 is 0 Å². The van der Waals surface area contributed by atoms with Crippen molar-refractivity contribution in [3.63, 3.8) is 0 Å². The molecule has 0 unspecified atom stereocenters. The molecule has 2 aromatic rings. The van der Waals surface area contributed by atoms with Crippen LogP contribution in [0.3, 0.4) is 0 Å². The van der Waals surface area contributed by atoms with E-state index in [1.807, 2.05) is 24.3 Å². The molecule has 0 aliphatic rings. The van der Waals surface area contributed by atoms with E-state index in [4.69, 9.17) is 5.73 Å². The van der Waals surface area contributed by atoms with Crippen LogP contribution in [0, 0.1) is 0 Å². The van der Waals surface area contributed by atoms with Gasteiger partial charge in [-0.05, 0) is 24.1 Å². The van der Waals surface area contributed by atoms with E-state index in [0.717, 1.165) is 24.4 Å². The first kappa shape index (κ1) is 8.68. The molecule has 0 radical (unpaired) electrons. The van der Waals surface area contributed by atoms with Gasteiger partial charge < -0.3 is 5.73 Å². The molecule has 1 heterocycles. The molecule has 14 heavy (non-hydrogen) atoms. The van der Waals surface area contributed by atoms with Crippen LogP contribution in [0.4, 0.5) is 5.69 Å². The van der Waals surface area contributed by atoms with Gasteiger partial charge >= 0.3 is 0 Å². The van der Waals surface area contributed by atoms with Crippen LogP contribution in [-0.2, 0) is 12.8 Å². The molecular formula is C9H11N5. The van der Waals surface area contributed by atoms with Crippen LogP contribution in [0.25, 0.3) is 0 Å². The lowest BCUT2D eigenvalue weighted by Crippen LogP contribution is -1.95. The molecular weight excluding hydrogens is 178 g/mol. The van der Waals surface area contributed by atoms with Crippen LogP contribution in [0.5, 0.6) is 0 Å². The van der Waals surface area contributed by atoms with E-state index in [9.17, 15) is 0 Å². The van der Waals surface area contributed by atoms with Crippen molar-refractivity contribution in [3.8, 4) is 0 Å². The van der Waals surface area contributed by atoms with Gasteiger partial charge in [-0.2, -0.15) is 5.21 Å². The first-order chi connectivity index (χ1) is 6.84. The highest BCUT2D eigenvalue weighted by Crippen LogP contribution is 2.08. The molecule has 0 saturated carbocycles. The maximum absolute atomic E-state index is 5.66.